The number of benzene rings is 3. The molecule has 0 aliphatic rings. The summed E-state index contributed by atoms with van der Waals surface area (Å²) in [6.45, 7) is 1.75. The smallest absolute Gasteiger partial charge is 0.339 e. The number of rotatable bonds is 11. The summed E-state index contributed by atoms with van der Waals surface area (Å²) >= 11 is 0. The van der Waals surface area contributed by atoms with Gasteiger partial charge in [-0.25, -0.2) is 0 Å². The van der Waals surface area contributed by atoms with Crippen molar-refractivity contribution in [1.29, 1.82) is 0 Å². The van der Waals surface area contributed by atoms with E-state index < -0.39 is 51.7 Å². The maximum atomic E-state index is 13.3. The Morgan fingerprint density at radius 3 is 1.58 bits per heavy atom. The lowest BCUT2D eigenvalue weighted by atomic mass is 10.1. The van der Waals surface area contributed by atoms with E-state index in [0.717, 1.165) is 29.8 Å². The summed E-state index contributed by atoms with van der Waals surface area (Å²) in [5.41, 5.74) is 6.38. The summed E-state index contributed by atoms with van der Waals surface area (Å²) in [6, 6.07) is 9.24. The topological polar surface area (TPSA) is 246 Å². The second-order valence-electron chi connectivity index (χ2n) is 6.87. The maximum Gasteiger partial charge on any atom is 0.339 e. The highest BCUT2D eigenvalue weighted by Crippen LogP contribution is 2.63. The van der Waals surface area contributed by atoms with Crippen LogP contribution in [0.25, 0.3) is 10.8 Å². The molecule has 188 valence electrons. The van der Waals surface area contributed by atoms with Gasteiger partial charge in [-0.05, 0) is 48.7 Å². The third kappa shape index (κ3) is 4.41. The van der Waals surface area contributed by atoms with Gasteiger partial charge in [-0.15, -0.1) is 29.4 Å². The molecular formula is C17H13N7O9S3. The zero-order valence-corrected chi connectivity index (χ0v) is 20.2. The van der Waals surface area contributed by atoms with Gasteiger partial charge in [0.05, 0.1) is 9.79 Å². The first-order valence-electron chi connectivity index (χ1n) is 9.18. The van der Waals surface area contributed by atoms with Gasteiger partial charge in [-0.2, -0.15) is 8.42 Å². The van der Waals surface area contributed by atoms with E-state index >= 15 is 0 Å². The predicted molar refractivity (Wildman–Crippen MR) is 134 cm³/mol. The van der Waals surface area contributed by atoms with Crippen LogP contribution in [-0.2, 0) is 10.1 Å². The largest absolute Gasteiger partial charge is 0.398 e. The predicted octanol–water partition coefficient (Wildman–Crippen LogP) is 5.91. The van der Waals surface area contributed by atoms with Crippen LogP contribution in [0.4, 0.5) is 5.69 Å². The van der Waals surface area contributed by atoms with E-state index in [0.29, 0.717) is 0 Å². The average molecular weight is 556 g/mol. The van der Waals surface area contributed by atoms with E-state index in [1.165, 1.54) is 12.1 Å². The van der Waals surface area contributed by atoms with Crippen LogP contribution in [0.2, 0.25) is 0 Å². The highest BCUT2D eigenvalue weighted by Gasteiger charge is 2.37. The number of aryl methyl sites for hydroxylation is 1. The highest BCUT2D eigenvalue weighted by molar-refractivity contribution is 8.30. The summed E-state index contributed by atoms with van der Waals surface area (Å²) in [4.78, 5) is 65.9. The molecule has 0 heterocycles. The fourth-order valence-electron chi connectivity index (χ4n) is 3.07. The van der Waals surface area contributed by atoms with E-state index in [1.54, 1.807) is 19.1 Å². The molecule has 0 aromatic heterocycles. The third-order valence-electron chi connectivity index (χ3n) is 4.74. The zero-order valence-electron chi connectivity index (χ0n) is 17.8. The van der Waals surface area contributed by atoms with E-state index in [1.807, 2.05) is 0 Å². The molecule has 0 spiro atoms. The molecule has 0 bridgehead atoms. The standard InChI is InChI=1S/C17H13N7O9S3/c1-10-2-4-12(5-3-10)33-36(31,32)16-9-14(35(22-28,23-29)24-30)7-11-6-13(8-15(18)17(11)16)34(19-25,20-26)21-27/h2-9H,18H2,1H3. The molecule has 0 atom stereocenters. The molecule has 0 saturated carbocycles. The van der Waals surface area contributed by atoms with Crippen molar-refractivity contribution in [2.24, 2.45) is 27.5 Å². The quantitative estimate of drug-likeness (QED) is 0.166. The highest BCUT2D eigenvalue weighted by atomic mass is 32.3. The Balaban J connectivity index is 2.43. The molecule has 0 saturated heterocycles. The number of nitrogens with zero attached hydrogens (tertiary/aromatic N) is 6. The molecule has 0 fully saturated rings. The zero-order chi connectivity index (χ0) is 26.7. The molecule has 0 aliphatic heterocycles. The number of nitrogens with two attached hydrogens (primary N) is 1. The van der Waals surface area contributed by atoms with Crippen molar-refractivity contribution in [1.82, 2.24) is 0 Å². The molecule has 36 heavy (non-hydrogen) atoms. The van der Waals surface area contributed by atoms with E-state index in [9.17, 15) is 37.9 Å². The lowest BCUT2D eigenvalue weighted by Gasteiger charge is -2.20. The molecule has 16 nitrogen and oxygen atoms in total. The van der Waals surface area contributed by atoms with Crippen LogP contribution in [0.1, 0.15) is 5.56 Å². The summed E-state index contributed by atoms with van der Waals surface area (Å²) in [5.74, 6) is -0.118. The molecule has 0 amide bonds. The Bertz CT molecular complexity index is 1480. The van der Waals surface area contributed by atoms with Gasteiger partial charge >= 0.3 is 10.1 Å². The van der Waals surface area contributed by atoms with Gasteiger partial charge in [0.1, 0.15) is 10.6 Å². The molecule has 19 heteroatoms. The molecule has 0 aliphatic carbocycles. The van der Waals surface area contributed by atoms with Gasteiger partial charge in [0.2, 0.25) is 0 Å². The van der Waals surface area contributed by atoms with Crippen LogP contribution in [0.5, 0.6) is 5.75 Å². The SMILES string of the molecule is Cc1ccc(OS(=O)(=O)c2cc(S(N=O)(N=O)N=O)cc3cc(S(N=O)(N=O)N=O)cc(N)c23)cc1. The number of hydrogen-bond acceptors (Lipinski definition) is 16. The van der Waals surface area contributed by atoms with Crippen molar-refractivity contribution in [2.75, 3.05) is 5.73 Å². The molecule has 3 aromatic rings. The minimum atomic E-state index is -4.79. The van der Waals surface area contributed by atoms with Crippen molar-refractivity contribution in [3.63, 3.8) is 0 Å². The number of anilines is 1. The second kappa shape index (κ2) is 9.79. The number of nitroso groups, excluding NO2 is 6. The van der Waals surface area contributed by atoms with Crippen molar-refractivity contribution < 1.29 is 12.6 Å². The molecule has 3 rings (SSSR count). The first-order chi connectivity index (χ1) is 17.0. The van der Waals surface area contributed by atoms with Crippen molar-refractivity contribution in [3.05, 3.63) is 83.5 Å². The minimum absolute atomic E-state index is 0.118. The van der Waals surface area contributed by atoms with Gasteiger partial charge in [0, 0.05) is 38.6 Å². The monoisotopic (exact) mass is 555 g/mol. The van der Waals surface area contributed by atoms with Crippen molar-refractivity contribution >= 4 is 47.8 Å². The fraction of sp³-hybridized carbons (Fsp3) is 0.0588. The third-order valence-corrected chi connectivity index (χ3v) is 9.00. The number of fused-ring (bicyclic) bond motifs is 1. The normalized spacial score (nSPS) is 12.8. The Kier molecular flexibility index (Phi) is 7.17. The van der Waals surface area contributed by atoms with E-state index in [-0.39, 0.29) is 16.5 Å². The maximum absolute atomic E-state index is 13.3. The summed E-state index contributed by atoms with van der Waals surface area (Å²) in [6.07, 6.45) is 0. The van der Waals surface area contributed by atoms with Gasteiger partial charge in [0.25, 0.3) is 0 Å². The van der Waals surface area contributed by atoms with Crippen LogP contribution >= 0.6 is 21.2 Å². The number of nitrogen functional groups attached to an aromatic ring is 1. The molecule has 2 N–H and O–H groups in total. The Labute approximate surface area is 204 Å². The van der Waals surface area contributed by atoms with Crippen LogP contribution in [-0.4, -0.2) is 8.42 Å². The second-order valence-corrected chi connectivity index (χ2v) is 12.3. The summed E-state index contributed by atoms with van der Waals surface area (Å²) in [7, 11) is -13.1. The van der Waals surface area contributed by atoms with E-state index in [2.05, 4.69) is 27.5 Å². The molecule has 3 aromatic carbocycles. The summed E-state index contributed by atoms with van der Waals surface area (Å²) in [5, 5.41) is -0.573. The van der Waals surface area contributed by atoms with Crippen LogP contribution in [0, 0.1) is 36.4 Å². The van der Waals surface area contributed by atoms with E-state index in [4.69, 9.17) is 9.92 Å². The first kappa shape index (κ1) is 26.4. The fourth-order valence-corrected chi connectivity index (χ4v) is 6.17. The van der Waals surface area contributed by atoms with Crippen molar-refractivity contribution in [3.8, 4) is 5.75 Å². The Morgan fingerprint density at radius 2 is 1.14 bits per heavy atom. The van der Waals surface area contributed by atoms with Gasteiger partial charge in [-0.3, -0.25) is 0 Å². The van der Waals surface area contributed by atoms with Gasteiger partial charge in [0.15, 0.2) is 21.2 Å². The lowest BCUT2D eigenvalue weighted by Crippen LogP contribution is -2.12. The van der Waals surface area contributed by atoms with Crippen LogP contribution in [0.15, 0.2) is 90.7 Å². The minimum Gasteiger partial charge on any atom is -0.398 e. The lowest BCUT2D eigenvalue weighted by molar-refractivity contribution is 0.487. The molecule has 0 unspecified atom stereocenters. The Morgan fingerprint density at radius 1 is 0.694 bits per heavy atom. The van der Waals surface area contributed by atoms with Gasteiger partial charge in [-0.1, -0.05) is 17.7 Å². The van der Waals surface area contributed by atoms with Crippen molar-refractivity contribution in [2.45, 2.75) is 21.6 Å². The van der Waals surface area contributed by atoms with Crippen LogP contribution in [0.3, 0.4) is 0 Å². The number of hydrogen-bond donors (Lipinski definition) is 1. The van der Waals surface area contributed by atoms with Crippen LogP contribution < -0.4 is 9.92 Å². The molecule has 0 radical (unpaired) electrons. The molecular weight excluding hydrogens is 542 g/mol. The Hall–Kier alpha value is -4.23. The van der Waals surface area contributed by atoms with Gasteiger partial charge < -0.3 is 9.92 Å². The first-order valence-corrected chi connectivity index (χ1v) is 13.6. The average Bonchev–Trinajstić information content (AvgIpc) is 2.87. The summed E-state index contributed by atoms with van der Waals surface area (Å²) < 4.78 is 46.1.